The van der Waals surface area contributed by atoms with Gasteiger partial charge in [-0.15, -0.1) is 0 Å². The summed E-state index contributed by atoms with van der Waals surface area (Å²) in [5, 5.41) is 2.25. The van der Waals surface area contributed by atoms with Gasteiger partial charge in [0.2, 0.25) is 0 Å². The van der Waals surface area contributed by atoms with E-state index in [2.05, 4.69) is 5.32 Å². The fourth-order valence-electron chi connectivity index (χ4n) is 1.54. The molecule has 0 spiro atoms. The third-order valence-electron chi connectivity index (χ3n) is 2.55. The van der Waals surface area contributed by atoms with Gasteiger partial charge in [0.1, 0.15) is 0 Å². The molecule has 2 amide bonds. The number of carbonyl (C=O) groups excluding carboxylic acids is 2. The molecule has 1 aromatic rings. The molecule has 16 heavy (non-hydrogen) atoms. The molecule has 0 saturated carbocycles. The van der Waals surface area contributed by atoms with Crippen LogP contribution in [0.2, 0.25) is 0 Å². The normalized spacial score (nSPS) is 16.8. The Balaban J connectivity index is 0.000000203. The topological polar surface area (TPSA) is 55.4 Å². The smallest absolute Gasteiger partial charge is 0.259 e. The molecule has 0 atom stereocenters. The average molecular weight is 219 g/mol. The standard InChI is InChI=1S/C9H7NO2.C3H6O/c1-5-3-2-4-6-7(5)9(12)10-8(6)11;1-2-4-3-1/h2-4H,1H3,(H,10,11,12);1-3H2. The van der Waals surface area contributed by atoms with Gasteiger partial charge in [-0.1, -0.05) is 12.1 Å². The van der Waals surface area contributed by atoms with Gasteiger partial charge in [-0.3, -0.25) is 14.9 Å². The minimum absolute atomic E-state index is 0.284. The molecular weight excluding hydrogens is 206 g/mol. The molecule has 4 heteroatoms. The van der Waals surface area contributed by atoms with Gasteiger partial charge in [-0.25, -0.2) is 0 Å². The summed E-state index contributed by atoms with van der Waals surface area (Å²) in [6.45, 7) is 3.82. The van der Waals surface area contributed by atoms with Crippen molar-refractivity contribution in [2.75, 3.05) is 13.2 Å². The van der Waals surface area contributed by atoms with Crippen molar-refractivity contribution in [2.45, 2.75) is 13.3 Å². The van der Waals surface area contributed by atoms with Crippen molar-refractivity contribution >= 4 is 11.8 Å². The highest BCUT2D eigenvalue weighted by Gasteiger charge is 2.27. The van der Waals surface area contributed by atoms with Crippen molar-refractivity contribution in [2.24, 2.45) is 0 Å². The molecule has 0 bridgehead atoms. The first kappa shape index (κ1) is 10.8. The fraction of sp³-hybridized carbons (Fsp3) is 0.333. The van der Waals surface area contributed by atoms with Crippen LogP contribution in [0.15, 0.2) is 18.2 Å². The van der Waals surface area contributed by atoms with E-state index in [-0.39, 0.29) is 11.8 Å². The van der Waals surface area contributed by atoms with E-state index in [4.69, 9.17) is 4.74 Å². The predicted molar refractivity (Wildman–Crippen MR) is 58.4 cm³/mol. The molecule has 1 aromatic carbocycles. The summed E-state index contributed by atoms with van der Waals surface area (Å²) < 4.78 is 4.72. The second-order valence-electron chi connectivity index (χ2n) is 3.75. The Bertz CT molecular complexity index is 432. The van der Waals surface area contributed by atoms with Crippen LogP contribution in [0.3, 0.4) is 0 Å². The summed E-state index contributed by atoms with van der Waals surface area (Å²) in [5.74, 6) is -0.577. The summed E-state index contributed by atoms with van der Waals surface area (Å²) in [5.41, 5.74) is 1.85. The van der Waals surface area contributed by atoms with Crippen molar-refractivity contribution in [1.29, 1.82) is 0 Å². The minimum Gasteiger partial charge on any atom is -0.381 e. The highest BCUT2D eigenvalue weighted by Crippen LogP contribution is 2.18. The van der Waals surface area contributed by atoms with Gasteiger partial charge < -0.3 is 4.74 Å². The van der Waals surface area contributed by atoms with Gasteiger partial charge >= 0.3 is 0 Å². The summed E-state index contributed by atoms with van der Waals surface area (Å²) in [6.07, 6.45) is 1.28. The highest BCUT2D eigenvalue weighted by molar-refractivity contribution is 6.22. The number of aryl methyl sites for hydroxylation is 1. The molecule has 1 saturated heterocycles. The third-order valence-corrected chi connectivity index (χ3v) is 2.55. The molecule has 84 valence electrons. The molecule has 1 N–H and O–H groups in total. The highest BCUT2D eigenvalue weighted by atomic mass is 16.5. The number of imide groups is 1. The molecule has 0 aliphatic carbocycles. The molecule has 0 radical (unpaired) electrons. The van der Waals surface area contributed by atoms with Crippen LogP contribution in [-0.2, 0) is 4.74 Å². The summed E-state index contributed by atoms with van der Waals surface area (Å²) in [6, 6.07) is 5.24. The molecular formula is C12H13NO3. The van der Waals surface area contributed by atoms with Crippen LogP contribution < -0.4 is 5.32 Å². The number of amides is 2. The number of hydrogen-bond donors (Lipinski definition) is 1. The van der Waals surface area contributed by atoms with Crippen LogP contribution in [0, 0.1) is 6.92 Å². The lowest BCUT2D eigenvalue weighted by Crippen LogP contribution is -2.20. The summed E-state index contributed by atoms with van der Waals surface area (Å²) >= 11 is 0. The fourth-order valence-corrected chi connectivity index (χ4v) is 1.54. The maximum absolute atomic E-state index is 11.2. The second kappa shape index (κ2) is 4.45. The van der Waals surface area contributed by atoms with Crippen LogP contribution in [0.25, 0.3) is 0 Å². The predicted octanol–water partition coefficient (Wildman–Crippen LogP) is 1.29. The van der Waals surface area contributed by atoms with E-state index in [1.54, 1.807) is 12.1 Å². The first-order valence-electron chi connectivity index (χ1n) is 5.23. The molecule has 2 heterocycles. The monoisotopic (exact) mass is 219 g/mol. The number of hydrogen-bond acceptors (Lipinski definition) is 3. The number of ether oxygens (including phenoxy) is 1. The van der Waals surface area contributed by atoms with E-state index in [0.29, 0.717) is 11.1 Å². The van der Waals surface area contributed by atoms with Crippen LogP contribution in [0.4, 0.5) is 0 Å². The largest absolute Gasteiger partial charge is 0.381 e. The zero-order valence-corrected chi connectivity index (χ0v) is 9.08. The van der Waals surface area contributed by atoms with Gasteiger partial charge in [0.05, 0.1) is 11.1 Å². The molecule has 2 aliphatic rings. The van der Waals surface area contributed by atoms with Gasteiger partial charge in [0.25, 0.3) is 11.8 Å². The minimum atomic E-state index is -0.293. The number of rotatable bonds is 0. The van der Waals surface area contributed by atoms with E-state index in [1.807, 2.05) is 13.0 Å². The van der Waals surface area contributed by atoms with Gasteiger partial charge in [0.15, 0.2) is 0 Å². The molecule has 4 nitrogen and oxygen atoms in total. The second-order valence-corrected chi connectivity index (χ2v) is 3.75. The van der Waals surface area contributed by atoms with Gasteiger partial charge in [0, 0.05) is 13.2 Å². The Kier molecular flexibility index (Phi) is 3.01. The van der Waals surface area contributed by atoms with Crippen molar-refractivity contribution in [3.8, 4) is 0 Å². The van der Waals surface area contributed by atoms with E-state index < -0.39 is 0 Å². The van der Waals surface area contributed by atoms with E-state index in [0.717, 1.165) is 18.8 Å². The van der Waals surface area contributed by atoms with E-state index in [9.17, 15) is 9.59 Å². The lowest BCUT2D eigenvalue weighted by Gasteiger charge is -2.09. The quantitative estimate of drug-likeness (QED) is 0.669. The van der Waals surface area contributed by atoms with Crippen LogP contribution >= 0.6 is 0 Å². The average Bonchev–Trinajstić information content (AvgIpc) is 2.41. The van der Waals surface area contributed by atoms with Crippen LogP contribution in [0.5, 0.6) is 0 Å². The third kappa shape index (κ3) is 1.97. The van der Waals surface area contributed by atoms with Crippen molar-refractivity contribution < 1.29 is 14.3 Å². The zero-order valence-electron chi connectivity index (χ0n) is 9.08. The molecule has 0 unspecified atom stereocenters. The lowest BCUT2D eigenvalue weighted by atomic mass is 10.0. The van der Waals surface area contributed by atoms with Gasteiger partial charge in [-0.2, -0.15) is 0 Å². The Morgan fingerprint density at radius 1 is 1.19 bits per heavy atom. The lowest BCUT2D eigenvalue weighted by molar-refractivity contribution is 0.0367. The maximum atomic E-state index is 11.2. The Morgan fingerprint density at radius 3 is 2.31 bits per heavy atom. The van der Waals surface area contributed by atoms with Crippen LogP contribution in [0.1, 0.15) is 32.7 Å². The number of benzene rings is 1. The van der Waals surface area contributed by atoms with Crippen LogP contribution in [-0.4, -0.2) is 25.0 Å². The first-order valence-corrected chi connectivity index (χ1v) is 5.23. The SMILES string of the molecule is C1COC1.Cc1cccc2c1C(=O)NC2=O. The van der Waals surface area contributed by atoms with Crippen molar-refractivity contribution in [3.63, 3.8) is 0 Å². The molecule has 1 fully saturated rings. The summed E-state index contributed by atoms with van der Waals surface area (Å²) in [4.78, 5) is 22.3. The van der Waals surface area contributed by atoms with E-state index in [1.165, 1.54) is 6.42 Å². The van der Waals surface area contributed by atoms with E-state index >= 15 is 0 Å². The van der Waals surface area contributed by atoms with Crippen molar-refractivity contribution in [1.82, 2.24) is 5.32 Å². The molecule has 0 aromatic heterocycles. The number of fused-ring (bicyclic) bond motifs is 1. The zero-order chi connectivity index (χ0) is 11.5. The van der Waals surface area contributed by atoms with Crippen molar-refractivity contribution in [3.05, 3.63) is 34.9 Å². The van der Waals surface area contributed by atoms with Gasteiger partial charge in [-0.05, 0) is 25.0 Å². The Labute approximate surface area is 93.6 Å². The first-order chi connectivity index (χ1) is 7.70. The molecule has 3 rings (SSSR count). The molecule has 2 aliphatic heterocycles. The Morgan fingerprint density at radius 2 is 1.81 bits per heavy atom. The Hall–Kier alpha value is -1.68. The number of nitrogens with one attached hydrogen (secondary N) is 1. The maximum Gasteiger partial charge on any atom is 0.259 e. The summed E-state index contributed by atoms with van der Waals surface area (Å²) in [7, 11) is 0. The number of carbonyl (C=O) groups is 2.